The third-order valence-electron chi connectivity index (χ3n) is 8.06. The second kappa shape index (κ2) is 8.62. The van der Waals surface area contributed by atoms with Crippen LogP contribution in [-0.4, -0.2) is 25.2 Å². The Morgan fingerprint density at radius 1 is 0.897 bits per heavy atom. The predicted octanol–water partition coefficient (Wildman–Crippen LogP) is 5.46. The molecule has 0 aromatic heterocycles. The van der Waals surface area contributed by atoms with Crippen molar-refractivity contribution in [2.45, 2.75) is 58.5 Å². The molecule has 5 atom stereocenters. The van der Waals surface area contributed by atoms with Crippen molar-refractivity contribution < 1.29 is 0 Å². The molecule has 0 spiro atoms. The molecule has 2 aromatic carbocycles. The Morgan fingerprint density at radius 2 is 1.48 bits per heavy atom. The first kappa shape index (κ1) is 20.6. The fourth-order valence-electron chi connectivity index (χ4n) is 6.04. The van der Waals surface area contributed by atoms with Crippen molar-refractivity contribution in [3.8, 4) is 0 Å². The maximum atomic E-state index is 3.96. The molecular weight excluding hydrogens is 352 g/mol. The topological polar surface area (TPSA) is 24.1 Å². The van der Waals surface area contributed by atoms with Gasteiger partial charge in [-0.15, -0.1) is 0 Å². The van der Waals surface area contributed by atoms with E-state index in [-0.39, 0.29) is 0 Å². The third kappa shape index (κ3) is 4.29. The van der Waals surface area contributed by atoms with Gasteiger partial charge in [-0.3, -0.25) is 0 Å². The van der Waals surface area contributed by atoms with Crippen LogP contribution in [0.3, 0.4) is 0 Å². The van der Waals surface area contributed by atoms with Gasteiger partial charge in [-0.1, -0.05) is 81.4 Å². The van der Waals surface area contributed by atoms with E-state index in [1.807, 2.05) is 0 Å². The molecule has 2 N–H and O–H groups in total. The van der Waals surface area contributed by atoms with Gasteiger partial charge in [0.05, 0.1) is 0 Å². The second-order valence-corrected chi connectivity index (χ2v) is 10.2. The molecule has 3 fully saturated rings. The van der Waals surface area contributed by atoms with Gasteiger partial charge in [0.25, 0.3) is 0 Å². The quantitative estimate of drug-likeness (QED) is 0.626. The van der Waals surface area contributed by atoms with Crippen LogP contribution in [0.2, 0.25) is 0 Å². The Kier molecular flexibility index (Phi) is 6.13. The minimum Gasteiger partial charge on any atom is -0.314 e. The number of rotatable bonds is 8. The molecule has 0 saturated heterocycles. The SMILES string of the molecule is CC(CNCC(c1ccccc1)c1ccccc1)N[C@H]1C[C@H]2C[C@@H]([C@@H]1C)C2(C)C. The van der Waals surface area contributed by atoms with E-state index in [9.17, 15) is 0 Å². The van der Waals surface area contributed by atoms with E-state index in [1.54, 1.807) is 0 Å². The smallest absolute Gasteiger partial charge is 0.0214 e. The molecule has 2 bridgehead atoms. The lowest BCUT2D eigenvalue weighted by atomic mass is 9.44. The van der Waals surface area contributed by atoms with Gasteiger partial charge in [-0.25, -0.2) is 0 Å². The van der Waals surface area contributed by atoms with E-state index in [2.05, 4.69) is 99.0 Å². The van der Waals surface area contributed by atoms with Crippen molar-refractivity contribution >= 4 is 0 Å². The van der Waals surface area contributed by atoms with E-state index in [0.717, 1.165) is 30.8 Å². The largest absolute Gasteiger partial charge is 0.314 e. The molecule has 1 unspecified atom stereocenters. The predicted molar refractivity (Wildman–Crippen MR) is 123 cm³/mol. The van der Waals surface area contributed by atoms with Crippen molar-refractivity contribution in [2.24, 2.45) is 23.2 Å². The van der Waals surface area contributed by atoms with Gasteiger partial charge in [-0.05, 0) is 54.1 Å². The van der Waals surface area contributed by atoms with Crippen LogP contribution in [0.5, 0.6) is 0 Å². The normalized spacial score (nSPS) is 28.7. The van der Waals surface area contributed by atoms with Crippen LogP contribution in [0.1, 0.15) is 57.6 Å². The van der Waals surface area contributed by atoms with Crippen molar-refractivity contribution in [1.29, 1.82) is 0 Å². The van der Waals surface area contributed by atoms with Crippen LogP contribution in [0.25, 0.3) is 0 Å². The van der Waals surface area contributed by atoms with E-state index < -0.39 is 0 Å². The van der Waals surface area contributed by atoms with Crippen molar-refractivity contribution in [1.82, 2.24) is 10.6 Å². The highest BCUT2D eigenvalue weighted by Gasteiger charge is 2.56. The number of benzene rings is 2. The number of hydrogen-bond acceptors (Lipinski definition) is 2. The lowest BCUT2D eigenvalue weighted by Crippen LogP contribution is -2.61. The van der Waals surface area contributed by atoms with E-state index >= 15 is 0 Å². The molecule has 2 heteroatoms. The van der Waals surface area contributed by atoms with Crippen LogP contribution in [0.4, 0.5) is 0 Å². The highest BCUT2D eigenvalue weighted by atomic mass is 15.0. The first-order valence-corrected chi connectivity index (χ1v) is 11.5. The summed E-state index contributed by atoms with van der Waals surface area (Å²) in [5.74, 6) is 3.01. The van der Waals surface area contributed by atoms with Crippen molar-refractivity contribution in [3.63, 3.8) is 0 Å². The molecule has 3 saturated carbocycles. The maximum absolute atomic E-state index is 3.96. The Bertz CT molecular complexity index is 730. The summed E-state index contributed by atoms with van der Waals surface area (Å²) in [6.45, 7) is 11.8. The average Bonchev–Trinajstić information content (AvgIpc) is 2.73. The first-order chi connectivity index (χ1) is 14.0. The van der Waals surface area contributed by atoms with Crippen LogP contribution >= 0.6 is 0 Å². The molecule has 5 rings (SSSR count). The monoisotopic (exact) mass is 390 g/mol. The number of hydrogen-bond donors (Lipinski definition) is 2. The minimum atomic E-state index is 0.395. The minimum absolute atomic E-state index is 0.395. The summed E-state index contributed by atoms with van der Waals surface area (Å²) in [6.07, 6.45) is 2.81. The van der Waals surface area contributed by atoms with Crippen LogP contribution in [-0.2, 0) is 0 Å². The number of nitrogens with one attached hydrogen (secondary N) is 2. The Morgan fingerprint density at radius 3 is 2.00 bits per heavy atom. The van der Waals surface area contributed by atoms with E-state index in [1.165, 1.54) is 24.0 Å². The third-order valence-corrected chi connectivity index (χ3v) is 8.06. The zero-order valence-electron chi connectivity index (χ0n) is 18.6. The standard InChI is InChI=1S/C27H38N2/c1-19(29-26-16-23-15-25(20(26)2)27(23,3)4)17-28-18-24(21-11-7-5-8-12-21)22-13-9-6-10-14-22/h5-14,19-20,23-26,28-29H,15-18H2,1-4H3/t19?,20-,23+,25-,26-/m0/s1. The Labute approximate surface area is 177 Å². The summed E-state index contributed by atoms with van der Waals surface area (Å²) in [4.78, 5) is 0. The van der Waals surface area contributed by atoms with E-state index in [0.29, 0.717) is 23.4 Å². The van der Waals surface area contributed by atoms with Gasteiger partial charge in [-0.2, -0.15) is 0 Å². The van der Waals surface area contributed by atoms with Gasteiger partial charge in [0.15, 0.2) is 0 Å². The summed E-state index contributed by atoms with van der Waals surface area (Å²) in [5.41, 5.74) is 3.34. The van der Waals surface area contributed by atoms with Crippen LogP contribution < -0.4 is 10.6 Å². The summed E-state index contributed by atoms with van der Waals surface area (Å²) in [5, 5.41) is 7.72. The molecule has 2 aromatic rings. The van der Waals surface area contributed by atoms with Gasteiger partial charge < -0.3 is 10.6 Å². The zero-order chi connectivity index (χ0) is 20.4. The molecular formula is C27H38N2. The maximum Gasteiger partial charge on any atom is 0.0214 e. The van der Waals surface area contributed by atoms with Gasteiger partial charge >= 0.3 is 0 Å². The second-order valence-electron chi connectivity index (χ2n) is 10.2. The summed E-state index contributed by atoms with van der Waals surface area (Å²) in [7, 11) is 0. The number of fused-ring (bicyclic) bond motifs is 2. The van der Waals surface area contributed by atoms with Gasteiger partial charge in [0, 0.05) is 31.1 Å². The molecule has 156 valence electrons. The molecule has 3 aliphatic rings. The molecule has 0 amide bonds. The Hall–Kier alpha value is -1.64. The highest BCUT2D eigenvalue weighted by molar-refractivity contribution is 5.32. The lowest BCUT2D eigenvalue weighted by Gasteiger charge is -2.62. The van der Waals surface area contributed by atoms with Gasteiger partial charge in [0.2, 0.25) is 0 Å². The summed E-state index contributed by atoms with van der Waals surface area (Å²) in [6, 6.07) is 23.0. The average molecular weight is 391 g/mol. The van der Waals surface area contributed by atoms with Crippen molar-refractivity contribution in [3.05, 3.63) is 71.8 Å². The fourth-order valence-corrected chi connectivity index (χ4v) is 6.04. The molecule has 29 heavy (non-hydrogen) atoms. The molecule has 3 aliphatic carbocycles. The molecule has 2 nitrogen and oxygen atoms in total. The van der Waals surface area contributed by atoms with Crippen molar-refractivity contribution in [2.75, 3.05) is 13.1 Å². The zero-order valence-corrected chi connectivity index (χ0v) is 18.6. The fraction of sp³-hybridized carbons (Fsp3) is 0.556. The van der Waals surface area contributed by atoms with Crippen LogP contribution in [0.15, 0.2) is 60.7 Å². The highest BCUT2D eigenvalue weighted by Crippen LogP contribution is 2.61. The summed E-state index contributed by atoms with van der Waals surface area (Å²) < 4.78 is 0. The molecule has 0 aliphatic heterocycles. The van der Waals surface area contributed by atoms with Gasteiger partial charge in [0.1, 0.15) is 0 Å². The Balaban J connectivity index is 1.31. The summed E-state index contributed by atoms with van der Waals surface area (Å²) >= 11 is 0. The van der Waals surface area contributed by atoms with E-state index in [4.69, 9.17) is 0 Å². The first-order valence-electron chi connectivity index (χ1n) is 11.5. The molecule has 0 heterocycles. The van der Waals surface area contributed by atoms with Crippen LogP contribution in [0, 0.1) is 23.2 Å². The lowest BCUT2D eigenvalue weighted by molar-refractivity contribution is -0.116. The molecule has 0 radical (unpaired) electrons.